The molecule has 0 bridgehead atoms. The van der Waals surface area contributed by atoms with E-state index in [1.54, 1.807) is 0 Å². The topological polar surface area (TPSA) is 26.3 Å². The molecule has 2 atom stereocenters. The monoisotopic (exact) mass is 450 g/mol. The average molecular weight is 451 g/mol. The zero-order valence-corrected chi connectivity index (χ0v) is 22.1. The molecule has 190 valence electrons. The second-order valence-electron chi connectivity index (χ2n) is 10.6. The Hall–Kier alpha value is -0.370. The van der Waals surface area contributed by atoms with Crippen LogP contribution in [0.15, 0.2) is 0 Å². The molecule has 0 amide bonds. The van der Waals surface area contributed by atoms with Gasteiger partial charge in [-0.05, 0) is 38.0 Å². The third-order valence-electron chi connectivity index (χ3n) is 7.52. The lowest BCUT2D eigenvalue weighted by Crippen LogP contribution is -2.26. The minimum atomic E-state index is 0.381. The molecule has 0 saturated heterocycles. The first kappa shape index (κ1) is 29.7. The Morgan fingerprint density at radius 2 is 1.19 bits per heavy atom. The SMILES string of the molecule is CCCCCCCCC1CCC(=O)CCCCCCCCCCCCC1OCCCCC. The zero-order chi connectivity index (χ0) is 23.1. The first-order chi connectivity index (χ1) is 15.8. The maximum absolute atomic E-state index is 12.6. The third-order valence-corrected chi connectivity index (χ3v) is 7.52. The van der Waals surface area contributed by atoms with E-state index in [1.807, 2.05) is 0 Å². The Kier molecular flexibility index (Phi) is 20.8. The van der Waals surface area contributed by atoms with Gasteiger partial charge in [-0.3, -0.25) is 4.79 Å². The fourth-order valence-corrected chi connectivity index (χ4v) is 5.30. The van der Waals surface area contributed by atoms with E-state index in [0.717, 1.165) is 32.3 Å². The van der Waals surface area contributed by atoms with Gasteiger partial charge < -0.3 is 4.74 Å². The van der Waals surface area contributed by atoms with E-state index >= 15 is 0 Å². The molecular weight excluding hydrogens is 392 g/mol. The molecule has 2 nitrogen and oxygen atoms in total. The molecule has 1 fully saturated rings. The van der Waals surface area contributed by atoms with Crippen molar-refractivity contribution < 1.29 is 9.53 Å². The summed E-state index contributed by atoms with van der Waals surface area (Å²) in [6, 6.07) is 0. The van der Waals surface area contributed by atoms with Crippen molar-refractivity contribution in [2.45, 2.75) is 174 Å². The Labute approximate surface area is 202 Å². The molecule has 0 aromatic heterocycles. The maximum Gasteiger partial charge on any atom is 0.132 e. The van der Waals surface area contributed by atoms with E-state index in [0.29, 0.717) is 17.8 Å². The Morgan fingerprint density at radius 1 is 0.625 bits per heavy atom. The smallest absolute Gasteiger partial charge is 0.132 e. The van der Waals surface area contributed by atoms with Gasteiger partial charge in [-0.25, -0.2) is 0 Å². The largest absolute Gasteiger partial charge is 0.378 e. The minimum Gasteiger partial charge on any atom is -0.378 e. The molecule has 0 spiro atoms. The van der Waals surface area contributed by atoms with Gasteiger partial charge in [0.15, 0.2) is 0 Å². The fourth-order valence-electron chi connectivity index (χ4n) is 5.30. The van der Waals surface area contributed by atoms with Gasteiger partial charge in [0.25, 0.3) is 0 Å². The molecule has 0 aromatic carbocycles. The van der Waals surface area contributed by atoms with Gasteiger partial charge in [-0.15, -0.1) is 0 Å². The first-order valence-corrected chi connectivity index (χ1v) is 14.9. The van der Waals surface area contributed by atoms with Gasteiger partial charge in [0.2, 0.25) is 0 Å². The molecule has 2 heteroatoms. The number of hydrogen-bond acceptors (Lipinski definition) is 2. The molecule has 1 rings (SSSR count). The van der Waals surface area contributed by atoms with E-state index in [-0.39, 0.29) is 0 Å². The quantitative estimate of drug-likeness (QED) is 0.276. The van der Waals surface area contributed by atoms with Crippen molar-refractivity contribution >= 4 is 5.78 Å². The lowest BCUT2D eigenvalue weighted by Gasteiger charge is -2.28. The third kappa shape index (κ3) is 17.2. The summed E-state index contributed by atoms with van der Waals surface area (Å²) in [5.74, 6) is 1.09. The van der Waals surface area contributed by atoms with Crippen molar-refractivity contribution in [1.82, 2.24) is 0 Å². The Balaban J connectivity index is 2.64. The summed E-state index contributed by atoms with van der Waals surface area (Å²) in [5, 5.41) is 0. The Morgan fingerprint density at radius 3 is 1.88 bits per heavy atom. The standard InChI is InChI=1S/C30H58O2/c1-3-5-7-8-15-18-22-28-25-26-29(31)23-19-16-13-11-9-10-12-14-17-20-24-30(28)32-27-21-6-4-2/h28,30H,3-27H2,1-2H3. The molecule has 32 heavy (non-hydrogen) atoms. The fraction of sp³-hybridized carbons (Fsp3) is 0.967. The second-order valence-corrected chi connectivity index (χ2v) is 10.6. The number of rotatable bonds is 12. The van der Waals surface area contributed by atoms with Gasteiger partial charge in [0.05, 0.1) is 6.10 Å². The summed E-state index contributed by atoms with van der Waals surface area (Å²) in [7, 11) is 0. The number of hydrogen-bond donors (Lipinski definition) is 0. The Bertz CT molecular complexity index is 406. The van der Waals surface area contributed by atoms with E-state index in [9.17, 15) is 4.79 Å². The number of unbranched alkanes of at least 4 members (excludes halogenated alkanes) is 7. The van der Waals surface area contributed by atoms with Crippen molar-refractivity contribution in [2.75, 3.05) is 6.61 Å². The molecule has 2 unspecified atom stereocenters. The summed E-state index contributed by atoms with van der Waals surface area (Å²) in [6.45, 7) is 5.47. The predicted molar refractivity (Wildman–Crippen MR) is 140 cm³/mol. The highest BCUT2D eigenvalue weighted by molar-refractivity contribution is 5.78. The molecule has 0 aliphatic heterocycles. The number of ether oxygens (including phenoxy) is 1. The highest BCUT2D eigenvalue weighted by Crippen LogP contribution is 2.27. The second kappa shape index (κ2) is 22.4. The first-order valence-electron chi connectivity index (χ1n) is 14.9. The molecule has 0 heterocycles. The van der Waals surface area contributed by atoms with Gasteiger partial charge in [0, 0.05) is 19.4 Å². The van der Waals surface area contributed by atoms with Crippen LogP contribution < -0.4 is 0 Å². The summed E-state index contributed by atoms with van der Waals surface area (Å²) < 4.78 is 6.54. The van der Waals surface area contributed by atoms with E-state index < -0.39 is 0 Å². The summed E-state index contributed by atoms with van der Waals surface area (Å²) in [6.07, 6.45) is 30.6. The molecular formula is C30H58O2. The van der Waals surface area contributed by atoms with Crippen LogP contribution in [0.1, 0.15) is 168 Å². The van der Waals surface area contributed by atoms with Crippen LogP contribution in [0.4, 0.5) is 0 Å². The molecule has 1 aliphatic rings. The number of carbonyl (C=O) groups excluding carboxylic acids is 1. The molecule has 0 N–H and O–H groups in total. The minimum absolute atomic E-state index is 0.381. The predicted octanol–water partition coefficient (Wildman–Crippen LogP) is 9.97. The number of Topliss-reactive ketones (excluding diaryl/α,β-unsaturated/α-hetero) is 1. The van der Waals surface area contributed by atoms with Gasteiger partial charge >= 0.3 is 0 Å². The van der Waals surface area contributed by atoms with Crippen LogP contribution in [0.2, 0.25) is 0 Å². The van der Waals surface area contributed by atoms with Gasteiger partial charge in [-0.2, -0.15) is 0 Å². The van der Waals surface area contributed by atoms with Crippen molar-refractivity contribution in [3.63, 3.8) is 0 Å². The number of carbonyl (C=O) groups is 1. The zero-order valence-electron chi connectivity index (χ0n) is 22.1. The molecule has 0 radical (unpaired) electrons. The van der Waals surface area contributed by atoms with Crippen LogP contribution in [0, 0.1) is 5.92 Å². The van der Waals surface area contributed by atoms with E-state index in [1.165, 1.54) is 128 Å². The normalized spacial score (nSPS) is 23.1. The maximum atomic E-state index is 12.6. The lowest BCUT2D eigenvalue weighted by molar-refractivity contribution is -0.119. The molecule has 0 aromatic rings. The van der Waals surface area contributed by atoms with Crippen LogP contribution in [0.3, 0.4) is 0 Å². The van der Waals surface area contributed by atoms with E-state index in [4.69, 9.17) is 4.74 Å². The van der Waals surface area contributed by atoms with Crippen LogP contribution >= 0.6 is 0 Å². The van der Waals surface area contributed by atoms with Crippen LogP contribution in [-0.4, -0.2) is 18.5 Å². The van der Waals surface area contributed by atoms with Crippen molar-refractivity contribution in [3.05, 3.63) is 0 Å². The average Bonchev–Trinajstić information content (AvgIpc) is 2.80. The summed E-state index contributed by atoms with van der Waals surface area (Å²) in [5.41, 5.74) is 0. The van der Waals surface area contributed by atoms with Crippen LogP contribution in [0.25, 0.3) is 0 Å². The lowest BCUT2D eigenvalue weighted by atomic mass is 9.86. The van der Waals surface area contributed by atoms with Crippen molar-refractivity contribution in [3.8, 4) is 0 Å². The van der Waals surface area contributed by atoms with Gasteiger partial charge in [0.1, 0.15) is 5.78 Å². The highest BCUT2D eigenvalue weighted by atomic mass is 16.5. The van der Waals surface area contributed by atoms with Crippen LogP contribution in [0.5, 0.6) is 0 Å². The number of ketones is 1. The summed E-state index contributed by atoms with van der Waals surface area (Å²) in [4.78, 5) is 12.6. The van der Waals surface area contributed by atoms with Crippen molar-refractivity contribution in [1.29, 1.82) is 0 Å². The summed E-state index contributed by atoms with van der Waals surface area (Å²) >= 11 is 0. The highest BCUT2D eigenvalue weighted by Gasteiger charge is 2.22. The van der Waals surface area contributed by atoms with Crippen molar-refractivity contribution in [2.24, 2.45) is 5.92 Å². The molecule has 1 aliphatic carbocycles. The molecule has 1 saturated carbocycles. The van der Waals surface area contributed by atoms with Gasteiger partial charge in [-0.1, -0.05) is 123 Å². The van der Waals surface area contributed by atoms with E-state index in [2.05, 4.69) is 13.8 Å². The van der Waals surface area contributed by atoms with Crippen LogP contribution in [-0.2, 0) is 9.53 Å².